The van der Waals surface area contributed by atoms with Gasteiger partial charge in [-0.25, -0.2) is 13.4 Å². The summed E-state index contributed by atoms with van der Waals surface area (Å²) in [6.45, 7) is 8.17. The Bertz CT molecular complexity index is 967. The molecule has 1 aliphatic rings. The zero-order valence-electron chi connectivity index (χ0n) is 18.5. The van der Waals surface area contributed by atoms with Crippen molar-refractivity contribution >= 4 is 21.7 Å². The zero-order chi connectivity index (χ0) is 22.4. The van der Waals surface area contributed by atoms with E-state index in [1.165, 1.54) is 12.8 Å². The van der Waals surface area contributed by atoms with Crippen LogP contribution in [0.1, 0.15) is 44.2 Å². The van der Waals surface area contributed by atoms with E-state index in [0.717, 1.165) is 30.0 Å². The third kappa shape index (κ3) is 6.51. The molecule has 1 saturated heterocycles. The fourth-order valence-corrected chi connectivity index (χ4v) is 4.83. The first-order valence-electron chi connectivity index (χ1n) is 10.8. The second-order valence-corrected chi connectivity index (χ2v) is 10.3. The molecule has 0 radical (unpaired) electrons. The first-order valence-corrected chi connectivity index (χ1v) is 12.3. The van der Waals surface area contributed by atoms with Crippen molar-refractivity contribution in [2.75, 3.05) is 18.0 Å². The van der Waals surface area contributed by atoms with Crippen molar-refractivity contribution in [2.45, 2.75) is 57.5 Å². The Balaban J connectivity index is 1.63. The molecule has 8 heteroatoms. The quantitative estimate of drug-likeness (QED) is 0.620. The predicted octanol–water partition coefficient (Wildman–Crippen LogP) is 3.00. The summed E-state index contributed by atoms with van der Waals surface area (Å²) in [5.74, 6) is 0.766. The lowest BCUT2D eigenvalue weighted by atomic mass is 10.0. The van der Waals surface area contributed by atoms with E-state index in [4.69, 9.17) is 0 Å². The molecule has 2 aromatic rings. The van der Waals surface area contributed by atoms with Crippen LogP contribution in [0.3, 0.4) is 0 Å². The third-order valence-electron chi connectivity index (χ3n) is 5.36. The van der Waals surface area contributed by atoms with Crippen molar-refractivity contribution in [2.24, 2.45) is 5.92 Å². The maximum atomic E-state index is 12.8. The summed E-state index contributed by atoms with van der Waals surface area (Å²) in [4.78, 5) is 19.7. The van der Waals surface area contributed by atoms with E-state index >= 15 is 0 Å². The van der Waals surface area contributed by atoms with Gasteiger partial charge in [0.2, 0.25) is 15.9 Å². The van der Waals surface area contributed by atoms with Crippen LogP contribution in [0.15, 0.2) is 47.5 Å². The number of anilines is 1. The van der Waals surface area contributed by atoms with Crippen LogP contribution >= 0.6 is 0 Å². The number of hydrogen-bond donors (Lipinski definition) is 2. The molecule has 31 heavy (non-hydrogen) atoms. The van der Waals surface area contributed by atoms with Crippen LogP contribution in [0, 0.1) is 12.8 Å². The van der Waals surface area contributed by atoms with Gasteiger partial charge in [-0.3, -0.25) is 4.79 Å². The molecule has 0 bridgehead atoms. The number of aryl methyl sites for hydroxylation is 1. The molecular formula is C23H32N4O3S. The van der Waals surface area contributed by atoms with Crippen LogP contribution < -0.4 is 14.9 Å². The van der Waals surface area contributed by atoms with E-state index in [9.17, 15) is 13.2 Å². The number of pyridine rings is 1. The highest BCUT2D eigenvalue weighted by molar-refractivity contribution is 7.89. The molecule has 1 unspecified atom stereocenters. The highest BCUT2D eigenvalue weighted by Gasteiger charge is 2.26. The van der Waals surface area contributed by atoms with Gasteiger partial charge in [0.25, 0.3) is 0 Å². The number of rotatable bonds is 9. The summed E-state index contributed by atoms with van der Waals surface area (Å²) in [7, 11) is -3.79. The molecule has 1 aromatic heterocycles. The van der Waals surface area contributed by atoms with Crippen LogP contribution in [0.4, 0.5) is 5.82 Å². The lowest BCUT2D eigenvalue weighted by molar-refractivity contribution is -0.123. The molecule has 2 N–H and O–H groups in total. The predicted molar refractivity (Wildman–Crippen MR) is 122 cm³/mol. The average molecular weight is 445 g/mol. The molecule has 1 amide bonds. The average Bonchev–Trinajstić information content (AvgIpc) is 3.26. The largest absolute Gasteiger partial charge is 0.357 e. The van der Waals surface area contributed by atoms with Gasteiger partial charge in [0, 0.05) is 25.8 Å². The third-order valence-corrected chi connectivity index (χ3v) is 6.85. The van der Waals surface area contributed by atoms with Crippen molar-refractivity contribution in [3.8, 4) is 0 Å². The van der Waals surface area contributed by atoms with Gasteiger partial charge in [0.15, 0.2) is 0 Å². The number of amides is 1. The maximum absolute atomic E-state index is 12.8. The normalized spacial score (nSPS) is 15.3. The molecule has 1 atom stereocenters. The Hall–Kier alpha value is -2.45. The van der Waals surface area contributed by atoms with Crippen LogP contribution in [0.2, 0.25) is 0 Å². The number of nitrogens with one attached hydrogen (secondary N) is 2. The number of nitrogens with zero attached hydrogens (tertiary/aromatic N) is 2. The first-order chi connectivity index (χ1) is 14.7. The Labute approximate surface area is 185 Å². The summed E-state index contributed by atoms with van der Waals surface area (Å²) in [6.07, 6.45) is 4.55. The van der Waals surface area contributed by atoms with Gasteiger partial charge >= 0.3 is 0 Å². The van der Waals surface area contributed by atoms with Gasteiger partial charge in [-0.15, -0.1) is 0 Å². The summed E-state index contributed by atoms with van der Waals surface area (Å²) in [5, 5.41) is 2.86. The van der Waals surface area contributed by atoms with Crippen molar-refractivity contribution in [3.63, 3.8) is 0 Å². The van der Waals surface area contributed by atoms with Gasteiger partial charge < -0.3 is 10.2 Å². The monoisotopic (exact) mass is 444 g/mol. The summed E-state index contributed by atoms with van der Waals surface area (Å²) < 4.78 is 28.1. The molecule has 0 saturated carbocycles. The molecule has 7 nitrogen and oxygen atoms in total. The van der Waals surface area contributed by atoms with Gasteiger partial charge in [-0.1, -0.05) is 37.6 Å². The van der Waals surface area contributed by atoms with Crippen LogP contribution in [0.5, 0.6) is 0 Å². The van der Waals surface area contributed by atoms with Crippen molar-refractivity contribution < 1.29 is 13.2 Å². The molecule has 1 aliphatic heterocycles. The van der Waals surface area contributed by atoms with Gasteiger partial charge in [-0.2, -0.15) is 4.72 Å². The van der Waals surface area contributed by atoms with Crippen LogP contribution in [-0.4, -0.2) is 38.4 Å². The Morgan fingerprint density at radius 1 is 1.10 bits per heavy atom. The Morgan fingerprint density at radius 2 is 1.77 bits per heavy atom. The Kier molecular flexibility index (Phi) is 7.67. The fourth-order valence-electron chi connectivity index (χ4n) is 3.62. The maximum Gasteiger partial charge on any atom is 0.241 e. The number of carbonyl (C=O) groups excluding carboxylic acids is 1. The van der Waals surface area contributed by atoms with E-state index in [-0.39, 0.29) is 16.7 Å². The molecule has 0 spiro atoms. The summed E-state index contributed by atoms with van der Waals surface area (Å²) in [6, 6.07) is 9.66. The molecule has 2 heterocycles. The number of benzene rings is 1. The SMILES string of the molecule is Cc1ccc(S(=O)(=O)NC(CC(C)C)C(=O)NCc2ccc(N3CCCC3)nc2)cc1. The van der Waals surface area contributed by atoms with Crippen LogP contribution in [-0.2, 0) is 21.4 Å². The second-order valence-electron chi connectivity index (χ2n) is 8.55. The highest BCUT2D eigenvalue weighted by Crippen LogP contribution is 2.18. The first kappa shape index (κ1) is 23.2. The van der Waals surface area contributed by atoms with Gasteiger partial charge in [0.05, 0.1) is 4.90 Å². The molecule has 168 valence electrons. The van der Waals surface area contributed by atoms with Gasteiger partial charge in [0.1, 0.15) is 11.9 Å². The van der Waals surface area contributed by atoms with Gasteiger partial charge in [-0.05, 0) is 55.9 Å². The number of aromatic nitrogens is 1. The molecule has 3 rings (SSSR count). The topological polar surface area (TPSA) is 91.4 Å². The molecule has 1 aromatic carbocycles. The molecule has 1 fully saturated rings. The Morgan fingerprint density at radius 3 is 2.35 bits per heavy atom. The zero-order valence-corrected chi connectivity index (χ0v) is 19.3. The van der Waals surface area contributed by atoms with Crippen LogP contribution in [0.25, 0.3) is 0 Å². The van der Waals surface area contributed by atoms with E-state index in [2.05, 4.69) is 19.9 Å². The standard InChI is InChI=1S/C23H32N4O3S/c1-17(2)14-21(26-31(29,30)20-9-6-18(3)7-10-20)23(28)25-16-19-8-11-22(24-15-19)27-12-4-5-13-27/h6-11,15,17,21,26H,4-5,12-14,16H2,1-3H3,(H,25,28). The summed E-state index contributed by atoms with van der Waals surface area (Å²) >= 11 is 0. The number of sulfonamides is 1. The fraction of sp³-hybridized carbons (Fsp3) is 0.478. The minimum Gasteiger partial charge on any atom is -0.357 e. The van der Waals surface area contributed by atoms with Crippen molar-refractivity contribution in [1.82, 2.24) is 15.0 Å². The lowest BCUT2D eigenvalue weighted by Gasteiger charge is -2.20. The van der Waals surface area contributed by atoms with E-state index < -0.39 is 16.1 Å². The number of hydrogen-bond acceptors (Lipinski definition) is 5. The van der Waals surface area contributed by atoms with E-state index in [1.807, 2.05) is 32.9 Å². The van der Waals surface area contributed by atoms with Crippen molar-refractivity contribution in [1.29, 1.82) is 0 Å². The summed E-state index contributed by atoms with van der Waals surface area (Å²) in [5.41, 5.74) is 1.85. The number of carbonyl (C=O) groups is 1. The minimum absolute atomic E-state index is 0.151. The lowest BCUT2D eigenvalue weighted by Crippen LogP contribution is -2.47. The molecule has 0 aliphatic carbocycles. The molecular weight excluding hydrogens is 412 g/mol. The highest BCUT2D eigenvalue weighted by atomic mass is 32.2. The van der Waals surface area contributed by atoms with E-state index in [1.54, 1.807) is 30.5 Å². The van der Waals surface area contributed by atoms with E-state index in [0.29, 0.717) is 13.0 Å². The second kappa shape index (κ2) is 10.2. The minimum atomic E-state index is -3.79. The van der Waals surface area contributed by atoms with Crippen molar-refractivity contribution in [3.05, 3.63) is 53.7 Å². The smallest absolute Gasteiger partial charge is 0.241 e.